The van der Waals surface area contributed by atoms with E-state index in [9.17, 15) is 13.2 Å². The summed E-state index contributed by atoms with van der Waals surface area (Å²) in [5.74, 6) is 0. The third-order valence-electron chi connectivity index (χ3n) is 2.96. The lowest BCUT2D eigenvalue weighted by molar-refractivity contribution is -0.189. The average molecular weight is 234 g/mol. The van der Waals surface area contributed by atoms with Gasteiger partial charge < -0.3 is 4.84 Å². The number of halogens is 3. The molecule has 1 heterocycles. The van der Waals surface area contributed by atoms with Gasteiger partial charge >= 0.3 is 6.18 Å². The van der Waals surface area contributed by atoms with Crippen LogP contribution in [0.3, 0.4) is 0 Å². The second-order valence-electron chi connectivity index (χ2n) is 4.12. The highest BCUT2D eigenvalue weighted by atomic mass is 19.4. The van der Waals surface area contributed by atoms with Crippen molar-refractivity contribution < 1.29 is 18.0 Å². The quantitative estimate of drug-likeness (QED) is 0.731. The normalized spacial score (nSPS) is 18.4. The first kappa shape index (κ1) is 11.3. The summed E-state index contributed by atoms with van der Waals surface area (Å²) in [6.07, 6.45) is 0.182. The Hall–Kier alpha value is -1.20. The Morgan fingerprint density at radius 3 is 2.62 bits per heavy atom. The van der Waals surface area contributed by atoms with Crippen molar-refractivity contribution in [3.63, 3.8) is 0 Å². The Kier molecular flexibility index (Phi) is 2.82. The van der Waals surface area contributed by atoms with E-state index in [1.807, 2.05) is 0 Å². The highest BCUT2D eigenvalue weighted by molar-refractivity contribution is 4.98. The van der Waals surface area contributed by atoms with Gasteiger partial charge in [-0.2, -0.15) is 13.2 Å². The molecule has 90 valence electrons. The average Bonchev–Trinajstić information content (AvgIpc) is 2.83. The molecular weight excluding hydrogens is 221 g/mol. The molecule has 1 aromatic rings. The van der Waals surface area contributed by atoms with Gasteiger partial charge in [0.1, 0.15) is 6.61 Å². The topological polar surface area (TPSA) is 27.1 Å². The zero-order valence-electron chi connectivity index (χ0n) is 8.70. The number of alkyl halides is 3. The second-order valence-corrected chi connectivity index (χ2v) is 4.12. The summed E-state index contributed by atoms with van der Waals surface area (Å²) in [6, 6.07) is 1.69. The van der Waals surface area contributed by atoms with Gasteiger partial charge in [0.15, 0.2) is 0 Å². The summed E-state index contributed by atoms with van der Waals surface area (Å²) in [6.45, 7) is 0.263. The van der Waals surface area contributed by atoms with E-state index in [0.717, 1.165) is 0 Å². The first-order valence-corrected chi connectivity index (χ1v) is 5.23. The highest BCUT2D eigenvalue weighted by Crippen LogP contribution is 2.60. The van der Waals surface area contributed by atoms with Crippen LogP contribution in [0.15, 0.2) is 18.5 Å². The van der Waals surface area contributed by atoms with Gasteiger partial charge in [0, 0.05) is 0 Å². The van der Waals surface area contributed by atoms with Gasteiger partial charge in [0.05, 0.1) is 17.8 Å². The minimum atomic E-state index is -4.06. The maximum Gasteiger partial charge on any atom is 0.394 e. The van der Waals surface area contributed by atoms with Crippen LogP contribution in [0, 0.1) is 5.41 Å². The highest BCUT2D eigenvalue weighted by Gasteiger charge is 2.62. The lowest BCUT2D eigenvalue weighted by Crippen LogP contribution is -2.25. The lowest BCUT2D eigenvalue weighted by atomic mass is 10.0. The van der Waals surface area contributed by atoms with Crippen molar-refractivity contribution in [2.45, 2.75) is 31.9 Å². The minimum Gasteiger partial charge on any atom is -0.397 e. The SMILES string of the molecule is FC(F)(F)C1(CCCOn2cccn2)CC1. The third kappa shape index (κ3) is 2.31. The van der Waals surface area contributed by atoms with Gasteiger partial charge in [-0.15, -0.1) is 9.94 Å². The first-order chi connectivity index (χ1) is 7.54. The Morgan fingerprint density at radius 1 is 1.38 bits per heavy atom. The van der Waals surface area contributed by atoms with Crippen molar-refractivity contribution in [1.29, 1.82) is 0 Å². The summed E-state index contributed by atoms with van der Waals surface area (Å²) in [5.41, 5.74) is -1.42. The van der Waals surface area contributed by atoms with Crippen LogP contribution >= 0.6 is 0 Å². The Bertz CT molecular complexity index is 330. The van der Waals surface area contributed by atoms with Crippen LogP contribution in [0.4, 0.5) is 13.2 Å². The molecule has 0 amide bonds. The number of rotatable bonds is 5. The maximum atomic E-state index is 12.5. The van der Waals surface area contributed by atoms with Crippen LogP contribution in [0.25, 0.3) is 0 Å². The smallest absolute Gasteiger partial charge is 0.394 e. The Labute approximate surface area is 91.2 Å². The summed E-state index contributed by atoms with van der Waals surface area (Å²) >= 11 is 0. The van der Waals surface area contributed by atoms with E-state index in [4.69, 9.17) is 4.84 Å². The second kappa shape index (κ2) is 3.99. The molecule has 16 heavy (non-hydrogen) atoms. The van der Waals surface area contributed by atoms with Crippen molar-refractivity contribution in [3.8, 4) is 0 Å². The zero-order chi connectivity index (χ0) is 11.6. The van der Waals surface area contributed by atoms with Gasteiger partial charge in [-0.25, -0.2) is 0 Å². The molecule has 3 nitrogen and oxygen atoms in total. The molecule has 0 radical (unpaired) electrons. The van der Waals surface area contributed by atoms with E-state index in [-0.39, 0.29) is 25.9 Å². The molecule has 6 heteroatoms. The molecule has 1 aliphatic carbocycles. The zero-order valence-corrected chi connectivity index (χ0v) is 8.70. The Balaban J connectivity index is 1.69. The first-order valence-electron chi connectivity index (χ1n) is 5.23. The van der Waals surface area contributed by atoms with Crippen LogP contribution in [-0.2, 0) is 0 Å². The number of aromatic nitrogens is 2. The molecular formula is C10H13F3N2O. The van der Waals surface area contributed by atoms with E-state index in [2.05, 4.69) is 5.10 Å². The molecule has 1 aromatic heterocycles. The summed E-state index contributed by atoms with van der Waals surface area (Å²) in [4.78, 5) is 6.38. The van der Waals surface area contributed by atoms with Crippen molar-refractivity contribution in [3.05, 3.63) is 18.5 Å². The number of nitrogens with zero attached hydrogens (tertiary/aromatic N) is 2. The van der Waals surface area contributed by atoms with Gasteiger partial charge in [-0.1, -0.05) is 0 Å². The van der Waals surface area contributed by atoms with Crippen LogP contribution < -0.4 is 4.84 Å². The van der Waals surface area contributed by atoms with Crippen molar-refractivity contribution in [1.82, 2.24) is 9.94 Å². The number of hydrogen-bond acceptors (Lipinski definition) is 2. The molecule has 0 unspecified atom stereocenters. The molecule has 2 rings (SSSR count). The molecule has 1 aliphatic rings. The third-order valence-corrected chi connectivity index (χ3v) is 2.96. The lowest BCUT2D eigenvalue weighted by Gasteiger charge is -2.18. The predicted octanol–water partition coefficient (Wildman–Crippen LogP) is 2.43. The Morgan fingerprint density at radius 2 is 2.12 bits per heavy atom. The van der Waals surface area contributed by atoms with E-state index in [0.29, 0.717) is 6.42 Å². The van der Waals surface area contributed by atoms with Crippen molar-refractivity contribution in [2.24, 2.45) is 5.41 Å². The fourth-order valence-corrected chi connectivity index (χ4v) is 1.73. The molecule has 1 saturated carbocycles. The molecule has 1 fully saturated rings. The van der Waals surface area contributed by atoms with Crippen molar-refractivity contribution in [2.75, 3.05) is 6.61 Å². The van der Waals surface area contributed by atoms with Gasteiger partial charge in [-0.3, -0.25) is 0 Å². The van der Waals surface area contributed by atoms with Gasteiger partial charge in [0.2, 0.25) is 0 Å². The molecule has 0 bridgehead atoms. The van der Waals surface area contributed by atoms with E-state index < -0.39 is 11.6 Å². The van der Waals surface area contributed by atoms with E-state index in [1.54, 1.807) is 18.5 Å². The van der Waals surface area contributed by atoms with Crippen LogP contribution in [0.1, 0.15) is 25.7 Å². The van der Waals surface area contributed by atoms with Crippen LogP contribution in [0.5, 0.6) is 0 Å². The maximum absolute atomic E-state index is 12.5. The summed E-state index contributed by atoms with van der Waals surface area (Å²) < 4.78 is 37.6. The van der Waals surface area contributed by atoms with Crippen LogP contribution in [0.2, 0.25) is 0 Å². The summed E-state index contributed by atoms with van der Waals surface area (Å²) in [5, 5.41) is 3.79. The van der Waals surface area contributed by atoms with Gasteiger partial charge in [-0.05, 0) is 31.7 Å². The molecule has 0 atom stereocenters. The standard InChI is InChI=1S/C10H13F3N2O/c11-10(12,13)9(4-5-9)3-1-8-16-15-7-2-6-14-15/h2,6-7H,1,3-5,8H2. The fraction of sp³-hybridized carbons (Fsp3) is 0.700. The molecule has 0 aromatic carbocycles. The molecule has 0 N–H and O–H groups in total. The van der Waals surface area contributed by atoms with Crippen molar-refractivity contribution >= 4 is 0 Å². The molecule has 0 aliphatic heterocycles. The van der Waals surface area contributed by atoms with E-state index >= 15 is 0 Å². The van der Waals surface area contributed by atoms with E-state index in [1.165, 1.54) is 4.85 Å². The van der Waals surface area contributed by atoms with Gasteiger partial charge in [0.25, 0.3) is 0 Å². The molecule has 0 saturated heterocycles. The summed E-state index contributed by atoms with van der Waals surface area (Å²) in [7, 11) is 0. The van der Waals surface area contributed by atoms with Crippen LogP contribution in [-0.4, -0.2) is 22.7 Å². The largest absolute Gasteiger partial charge is 0.397 e. The minimum absolute atomic E-state index is 0.151. The number of hydrogen-bond donors (Lipinski definition) is 0. The monoisotopic (exact) mass is 234 g/mol. The fourth-order valence-electron chi connectivity index (χ4n) is 1.73. The predicted molar refractivity (Wildman–Crippen MR) is 50.6 cm³/mol. The molecule has 0 spiro atoms.